The molecular weight excluding hydrogens is 657 g/mol. The number of fused-ring (bicyclic) bond motifs is 1. The molecular formula is C43H40N2O5S. The number of anilines is 1. The van der Waals surface area contributed by atoms with E-state index < -0.39 is 28.5 Å². The first-order valence-electron chi connectivity index (χ1n) is 17.2. The summed E-state index contributed by atoms with van der Waals surface area (Å²) in [6, 6.07) is 44.3. The van der Waals surface area contributed by atoms with Gasteiger partial charge in [0.2, 0.25) is 12.0 Å². The van der Waals surface area contributed by atoms with E-state index in [2.05, 4.69) is 5.32 Å². The lowest BCUT2D eigenvalue weighted by atomic mass is 9.75. The predicted octanol–water partition coefficient (Wildman–Crippen LogP) is 8.41. The predicted molar refractivity (Wildman–Crippen MR) is 201 cm³/mol. The second kappa shape index (κ2) is 14.1. The normalized spacial score (nSPS) is 17.8. The number of carbonyl (C=O) groups is 3. The summed E-state index contributed by atoms with van der Waals surface area (Å²) in [6.07, 6.45) is 0.0815. The highest BCUT2D eigenvalue weighted by molar-refractivity contribution is 8.15. The molecule has 258 valence electrons. The molecule has 1 saturated heterocycles. The molecule has 2 heterocycles. The Morgan fingerprint density at radius 3 is 1.82 bits per heavy atom. The van der Waals surface area contributed by atoms with Gasteiger partial charge in [0.05, 0.1) is 11.3 Å². The minimum Gasteiger partial charge on any atom is -0.477 e. The van der Waals surface area contributed by atoms with Crippen LogP contribution in [0.5, 0.6) is 5.75 Å². The molecule has 1 fully saturated rings. The van der Waals surface area contributed by atoms with E-state index in [-0.39, 0.29) is 17.2 Å². The van der Waals surface area contributed by atoms with Crippen molar-refractivity contribution in [2.24, 2.45) is 0 Å². The zero-order valence-corrected chi connectivity index (χ0v) is 29.6. The molecule has 5 aromatic carbocycles. The van der Waals surface area contributed by atoms with Crippen molar-refractivity contribution in [3.05, 3.63) is 167 Å². The fraction of sp³-hybridized carbons (Fsp3) is 0.233. The van der Waals surface area contributed by atoms with Crippen LogP contribution in [-0.4, -0.2) is 45.0 Å². The molecule has 8 heteroatoms. The minimum absolute atomic E-state index is 0.251. The number of thioether (sulfide) groups is 1. The Labute approximate surface area is 303 Å². The molecule has 0 aliphatic carbocycles. The van der Waals surface area contributed by atoms with Crippen LogP contribution in [0.25, 0.3) is 0 Å². The lowest BCUT2D eigenvalue weighted by molar-refractivity contribution is -0.164. The fourth-order valence-corrected chi connectivity index (χ4v) is 8.10. The second-order valence-corrected chi connectivity index (χ2v) is 15.0. The molecule has 0 saturated carbocycles. The Morgan fingerprint density at radius 1 is 0.765 bits per heavy atom. The molecule has 0 bridgehead atoms. The van der Waals surface area contributed by atoms with Crippen molar-refractivity contribution in [1.82, 2.24) is 4.90 Å². The Hall–Kier alpha value is -5.34. The van der Waals surface area contributed by atoms with E-state index in [0.29, 0.717) is 18.6 Å². The first-order valence-corrected chi connectivity index (χ1v) is 18.1. The average Bonchev–Trinajstić information content (AvgIpc) is 3.69. The number of imide groups is 1. The SMILES string of the molecule is CC(C)(C)OC(=O)C(Oc1ccc(CC2SC(=O)N(C(c3ccccc3)(c3ccccc3)c3ccccc3)C2=O)cc1)C1Cc2ccccc2N1. The van der Waals surface area contributed by atoms with E-state index in [1.807, 2.05) is 148 Å². The molecule has 51 heavy (non-hydrogen) atoms. The van der Waals surface area contributed by atoms with Gasteiger partial charge in [0.1, 0.15) is 16.9 Å². The number of amides is 2. The number of carbonyl (C=O) groups excluding carboxylic acids is 3. The van der Waals surface area contributed by atoms with E-state index in [1.54, 1.807) is 12.1 Å². The third-order valence-electron chi connectivity index (χ3n) is 9.24. The van der Waals surface area contributed by atoms with E-state index in [0.717, 1.165) is 45.3 Å². The van der Waals surface area contributed by atoms with Crippen molar-refractivity contribution < 1.29 is 23.9 Å². The maximum atomic E-state index is 14.5. The lowest BCUT2D eigenvalue weighted by Gasteiger charge is -2.42. The molecule has 2 amide bonds. The van der Waals surface area contributed by atoms with Crippen LogP contribution < -0.4 is 10.1 Å². The Morgan fingerprint density at radius 2 is 1.29 bits per heavy atom. The molecule has 1 N–H and O–H groups in total. The van der Waals surface area contributed by atoms with Gasteiger partial charge in [-0.15, -0.1) is 0 Å². The first kappa shape index (κ1) is 34.1. The van der Waals surface area contributed by atoms with E-state index in [9.17, 15) is 14.4 Å². The van der Waals surface area contributed by atoms with Crippen LogP contribution in [0, 0.1) is 0 Å². The Bertz CT molecular complexity index is 1890. The van der Waals surface area contributed by atoms with Gasteiger partial charge in [0.25, 0.3) is 5.24 Å². The van der Waals surface area contributed by atoms with Gasteiger partial charge in [-0.25, -0.2) is 4.79 Å². The fourth-order valence-electron chi connectivity index (χ4n) is 7.04. The van der Waals surface area contributed by atoms with Crippen LogP contribution in [0.4, 0.5) is 10.5 Å². The number of esters is 1. The zero-order chi connectivity index (χ0) is 35.6. The Balaban J connectivity index is 1.15. The number of nitrogens with one attached hydrogen (secondary N) is 1. The number of ether oxygens (including phenoxy) is 2. The first-order chi connectivity index (χ1) is 24.6. The monoisotopic (exact) mass is 696 g/mol. The van der Waals surface area contributed by atoms with Crippen molar-refractivity contribution in [3.8, 4) is 5.75 Å². The summed E-state index contributed by atoms with van der Waals surface area (Å²) < 4.78 is 12.1. The quantitative estimate of drug-likeness (QED) is 0.116. The van der Waals surface area contributed by atoms with E-state index in [4.69, 9.17) is 9.47 Å². The molecule has 0 aromatic heterocycles. The molecule has 5 aromatic rings. The van der Waals surface area contributed by atoms with Gasteiger partial charge in [-0.05, 0) is 79.6 Å². The van der Waals surface area contributed by atoms with Crippen LogP contribution in [0.3, 0.4) is 0 Å². The Kier molecular flexibility index (Phi) is 9.44. The molecule has 7 nitrogen and oxygen atoms in total. The molecule has 3 unspecified atom stereocenters. The van der Waals surface area contributed by atoms with E-state index in [1.165, 1.54) is 4.90 Å². The van der Waals surface area contributed by atoms with Crippen LogP contribution >= 0.6 is 11.8 Å². The van der Waals surface area contributed by atoms with Gasteiger partial charge in [-0.2, -0.15) is 0 Å². The van der Waals surface area contributed by atoms with Gasteiger partial charge < -0.3 is 14.8 Å². The molecule has 2 aliphatic rings. The van der Waals surface area contributed by atoms with Crippen molar-refractivity contribution in [2.75, 3.05) is 5.32 Å². The maximum absolute atomic E-state index is 14.5. The van der Waals surface area contributed by atoms with Crippen LogP contribution in [0.1, 0.15) is 48.6 Å². The third-order valence-corrected chi connectivity index (χ3v) is 10.3. The van der Waals surface area contributed by atoms with Gasteiger partial charge in [-0.1, -0.05) is 133 Å². The lowest BCUT2D eigenvalue weighted by Crippen LogP contribution is -2.51. The highest BCUT2D eigenvalue weighted by atomic mass is 32.2. The summed E-state index contributed by atoms with van der Waals surface area (Å²) in [5.41, 5.74) is 3.60. The summed E-state index contributed by atoms with van der Waals surface area (Å²) in [6.45, 7) is 5.52. The smallest absolute Gasteiger partial charge is 0.350 e. The highest BCUT2D eigenvalue weighted by Gasteiger charge is 2.54. The van der Waals surface area contributed by atoms with E-state index >= 15 is 0 Å². The zero-order valence-electron chi connectivity index (χ0n) is 28.8. The number of rotatable bonds is 10. The topological polar surface area (TPSA) is 84.9 Å². The molecule has 7 rings (SSSR count). The summed E-state index contributed by atoms with van der Waals surface area (Å²) in [4.78, 5) is 43.5. The second-order valence-electron chi connectivity index (χ2n) is 13.9. The summed E-state index contributed by atoms with van der Waals surface area (Å²) in [5, 5.41) is 2.51. The molecule has 2 aliphatic heterocycles. The van der Waals surface area contributed by atoms with Crippen molar-refractivity contribution >= 4 is 34.6 Å². The third kappa shape index (κ3) is 6.88. The number of hydrogen-bond acceptors (Lipinski definition) is 7. The summed E-state index contributed by atoms with van der Waals surface area (Å²) in [5.74, 6) is -0.187. The maximum Gasteiger partial charge on any atom is 0.350 e. The van der Waals surface area contributed by atoms with Crippen LogP contribution in [-0.2, 0) is 32.7 Å². The van der Waals surface area contributed by atoms with Crippen LogP contribution in [0.15, 0.2) is 140 Å². The van der Waals surface area contributed by atoms with Gasteiger partial charge in [-0.3, -0.25) is 14.5 Å². The molecule has 0 radical (unpaired) electrons. The molecule has 0 spiro atoms. The summed E-state index contributed by atoms with van der Waals surface area (Å²) in [7, 11) is 0. The van der Waals surface area contributed by atoms with Gasteiger partial charge in [0, 0.05) is 5.69 Å². The van der Waals surface area contributed by atoms with Gasteiger partial charge >= 0.3 is 5.97 Å². The van der Waals surface area contributed by atoms with Crippen molar-refractivity contribution in [1.29, 1.82) is 0 Å². The largest absolute Gasteiger partial charge is 0.477 e. The minimum atomic E-state index is -1.16. The van der Waals surface area contributed by atoms with Crippen LogP contribution in [0.2, 0.25) is 0 Å². The summed E-state index contributed by atoms with van der Waals surface area (Å²) >= 11 is 1.06. The van der Waals surface area contributed by atoms with Crippen molar-refractivity contribution in [3.63, 3.8) is 0 Å². The highest BCUT2D eigenvalue weighted by Crippen LogP contribution is 2.48. The standard InChI is InChI=1S/C43H40N2O5S/c1-42(2,3)50-40(47)38(36-28-30-15-13-14-22-35(30)44-36)49-34-25-23-29(24-26-34)27-37-39(46)45(41(48)51-37)43(31-16-7-4-8-17-31,32-18-9-5-10-19-32)33-20-11-6-12-21-33/h4-26,36-38,44H,27-28H2,1-3H3. The average molecular weight is 697 g/mol. The van der Waals surface area contributed by atoms with Crippen molar-refractivity contribution in [2.45, 2.75) is 62.1 Å². The van der Waals surface area contributed by atoms with Gasteiger partial charge in [0.15, 0.2) is 0 Å². The number of nitrogens with zero attached hydrogens (tertiary/aromatic N) is 1. The number of para-hydroxylation sites is 1. The number of benzene rings is 5. The number of hydrogen-bond donors (Lipinski definition) is 1. The molecule has 3 atom stereocenters.